The van der Waals surface area contributed by atoms with Crippen molar-refractivity contribution in [2.75, 3.05) is 13.1 Å². The van der Waals surface area contributed by atoms with E-state index in [9.17, 15) is 9.59 Å². The lowest BCUT2D eigenvalue weighted by Gasteiger charge is -2.26. The fraction of sp³-hybridized carbons (Fsp3) is 0.250. The number of aromatic nitrogens is 1. The highest BCUT2D eigenvalue weighted by Crippen LogP contribution is 2.23. The van der Waals surface area contributed by atoms with E-state index in [-0.39, 0.29) is 17.2 Å². The highest BCUT2D eigenvalue weighted by atomic mass is 16.4. The van der Waals surface area contributed by atoms with Gasteiger partial charge in [-0.1, -0.05) is 35.9 Å². The average Bonchev–Trinajstić information content (AvgIpc) is 2.61. The van der Waals surface area contributed by atoms with Gasteiger partial charge in [0.05, 0.1) is 11.3 Å². The Hall–Kier alpha value is -2.95. The first-order chi connectivity index (χ1) is 12.0. The second kappa shape index (κ2) is 6.89. The number of amides is 1. The molecule has 0 aliphatic carbocycles. The number of nitrogens with zero attached hydrogens (tertiary/aromatic N) is 2. The number of rotatable bonds is 3. The van der Waals surface area contributed by atoms with Gasteiger partial charge in [-0.05, 0) is 43.5 Å². The fourth-order valence-corrected chi connectivity index (χ4v) is 3.03. The van der Waals surface area contributed by atoms with Crippen LogP contribution in [0.15, 0.2) is 42.5 Å². The minimum atomic E-state index is -1.03. The Morgan fingerprint density at radius 2 is 1.96 bits per heavy atom. The molecule has 2 aromatic rings. The topological polar surface area (TPSA) is 70.5 Å². The number of hydrogen-bond acceptors (Lipinski definition) is 3. The van der Waals surface area contributed by atoms with Crippen LogP contribution in [0.1, 0.15) is 44.1 Å². The van der Waals surface area contributed by atoms with Crippen LogP contribution in [0.5, 0.6) is 0 Å². The Labute approximate surface area is 146 Å². The Kier molecular flexibility index (Phi) is 4.65. The first-order valence-corrected chi connectivity index (χ1v) is 8.22. The quantitative estimate of drug-likeness (QED) is 0.933. The van der Waals surface area contributed by atoms with Crippen molar-refractivity contribution >= 4 is 17.4 Å². The molecule has 3 rings (SSSR count). The van der Waals surface area contributed by atoms with Gasteiger partial charge in [0.25, 0.3) is 5.91 Å². The highest BCUT2D eigenvalue weighted by molar-refractivity contribution is 5.95. The third kappa shape index (κ3) is 3.60. The lowest BCUT2D eigenvalue weighted by atomic mass is 9.98. The number of pyridine rings is 1. The predicted molar refractivity (Wildman–Crippen MR) is 95.6 cm³/mol. The summed E-state index contributed by atoms with van der Waals surface area (Å²) in [6.07, 6.45) is 2.87. The molecule has 5 heteroatoms. The molecule has 0 unspecified atom stereocenters. The summed E-state index contributed by atoms with van der Waals surface area (Å²) in [5.74, 6) is -1.20. The van der Waals surface area contributed by atoms with Crippen LogP contribution in [-0.4, -0.2) is 40.0 Å². The van der Waals surface area contributed by atoms with Crippen LogP contribution in [0.25, 0.3) is 5.57 Å². The molecule has 1 aromatic heterocycles. The van der Waals surface area contributed by atoms with E-state index in [1.807, 2.05) is 6.07 Å². The summed E-state index contributed by atoms with van der Waals surface area (Å²) < 4.78 is 0. The zero-order valence-electron chi connectivity index (χ0n) is 14.3. The van der Waals surface area contributed by atoms with Gasteiger partial charge in [0.15, 0.2) is 0 Å². The number of carbonyl (C=O) groups excluding carboxylic acids is 1. The molecule has 5 nitrogen and oxygen atoms in total. The molecule has 25 heavy (non-hydrogen) atoms. The molecule has 0 spiro atoms. The highest BCUT2D eigenvalue weighted by Gasteiger charge is 2.21. The molecule has 128 valence electrons. The maximum absolute atomic E-state index is 12.6. The number of aryl methyl sites for hydroxylation is 2. The second-order valence-corrected chi connectivity index (χ2v) is 6.23. The molecule has 0 saturated carbocycles. The smallest absolute Gasteiger partial charge is 0.337 e. The number of carbonyl (C=O) groups is 2. The summed E-state index contributed by atoms with van der Waals surface area (Å²) >= 11 is 0. The van der Waals surface area contributed by atoms with Crippen molar-refractivity contribution in [3.8, 4) is 0 Å². The maximum atomic E-state index is 12.6. The van der Waals surface area contributed by atoms with Crippen LogP contribution in [0.2, 0.25) is 0 Å². The molecule has 1 aliphatic rings. The molecule has 0 bridgehead atoms. The van der Waals surface area contributed by atoms with Gasteiger partial charge in [-0.15, -0.1) is 0 Å². The van der Waals surface area contributed by atoms with Crippen LogP contribution in [0.3, 0.4) is 0 Å². The van der Waals surface area contributed by atoms with Crippen molar-refractivity contribution in [1.29, 1.82) is 0 Å². The first-order valence-electron chi connectivity index (χ1n) is 8.22. The van der Waals surface area contributed by atoms with Gasteiger partial charge in [-0.25, -0.2) is 9.78 Å². The van der Waals surface area contributed by atoms with Crippen LogP contribution in [0, 0.1) is 13.8 Å². The summed E-state index contributed by atoms with van der Waals surface area (Å²) in [6.45, 7) is 4.83. The maximum Gasteiger partial charge on any atom is 0.337 e. The van der Waals surface area contributed by atoms with Gasteiger partial charge in [0.2, 0.25) is 0 Å². The molecular formula is C20H20N2O3. The number of carboxylic acids is 1. The van der Waals surface area contributed by atoms with Gasteiger partial charge in [0.1, 0.15) is 5.69 Å². The number of aromatic carboxylic acids is 1. The predicted octanol–water partition coefficient (Wildman–Crippen LogP) is 3.33. The normalized spacial score (nSPS) is 14.2. The molecular weight excluding hydrogens is 316 g/mol. The number of carboxylic acid groups (broad SMARTS) is 1. The Morgan fingerprint density at radius 1 is 1.16 bits per heavy atom. The van der Waals surface area contributed by atoms with E-state index < -0.39 is 5.97 Å². The summed E-state index contributed by atoms with van der Waals surface area (Å²) in [7, 11) is 0. The number of hydrogen-bond donors (Lipinski definition) is 1. The van der Waals surface area contributed by atoms with Gasteiger partial charge < -0.3 is 10.0 Å². The van der Waals surface area contributed by atoms with Crippen LogP contribution < -0.4 is 0 Å². The van der Waals surface area contributed by atoms with Crippen molar-refractivity contribution in [3.63, 3.8) is 0 Å². The van der Waals surface area contributed by atoms with Gasteiger partial charge >= 0.3 is 5.97 Å². The molecule has 1 N–H and O–H groups in total. The van der Waals surface area contributed by atoms with E-state index >= 15 is 0 Å². The van der Waals surface area contributed by atoms with E-state index in [1.165, 1.54) is 28.8 Å². The van der Waals surface area contributed by atoms with E-state index in [2.05, 4.69) is 36.2 Å². The Balaban J connectivity index is 1.75. The van der Waals surface area contributed by atoms with E-state index in [0.717, 1.165) is 6.42 Å². The SMILES string of the molecule is Cc1cccc(C2=CCN(C(=O)c3ccc(C(=O)O)c(C)n3)CC2)c1. The lowest BCUT2D eigenvalue weighted by molar-refractivity contribution is 0.0692. The molecule has 2 heterocycles. The van der Waals surface area contributed by atoms with Gasteiger partial charge in [-0.3, -0.25) is 4.79 Å². The molecule has 0 atom stereocenters. The molecule has 0 saturated heterocycles. The average molecular weight is 336 g/mol. The summed E-state index contributed by atoms with van der Waals surface area (Å²) in [4.78, 5) is 29.6. The standard InChI is InChI=1S/C20H20N2O3/c1-13-4-3-5-16(12-13)15-8-10-22(11-9-15)19(23)18-7-6-17(20(24)25)14(2)21-18/h3-8,12H,9-11H2,1-2H3,(H,24,25). The third-order valence-electron chi connectivity index (χ3n) is 4.42. The lowest BCUT2D eigenvalue weighted by Crippen LogP contribution is -2.35. The van der Waals surface area contributed by atoms with Crippen LogP contribution >= 0.6 is 0 Å². The minimum Gasteiger partial charge on any atom is -0.478 e. The molecule has 0 radical (unpaired) electrons. The van der Waals surface area contributed by atoms with E-state index in [4.69, 9.17) is 5.11 Å². The number of benzene rings is 1. The van der Waals surface area contributed by atoms with Crippen molar-refractivity contribution in [2.45, 2.75) is 20.3 Å². The third-order valence-corrected chi connectivity index (χ3v) is 4.42. The first kappa shape index (κ1) is 16.9. The molecule has 1 aliphatic heterocycles. The fourth-order valence-electron chi connectivity index (χ4n) is 3.03. The minimum absolute atomic E-state index is 0.122. The summed E-state index contributed by atoms with van der Waals surface area (Å²) in [5.41, 5.74) is 4.43. The van der Waals surface area contributed by atoms with Crippen molar-refractivity contribution in [1.82, 2.24) is 9.88 Å². The molecule has 0 fully saturated rings. The zero-order valence-corrected chi connectivity index (χ0v) is 14.3. The summed E-state index contributed by atoms with van der Waals surface area (Å²) in [6, 6.07) is 11.3. The van der Waals surface area contributed by atoms with Gasteiger partial charge in [0, 0.05) is 13.1 Å². The monoisotopic (exact) mass is 336 g/mol. The van der Waals surface area contributed by atoms with Crippen LogP contribution in [0.4, 0.5) is 0 Å². The van der Waals surface area contributed by atoms with E-state index in [0.29, 0.717) is 18.8 Å². The molecule has 1 amide bonds. The van der Waals surface area contributed by atoms with Crippen LogP contribution in [-0.2, 0) is 0 Å². The van der Waals surface area contributed by atoms with E-state index in [1.54, 1.807) is 11.8 Å². The zero-order chi connectivity index (χ0) is 18.0. The second-order valence-electron chi connectivity index (χ2n) is 6.23. The summed E-state index contributed by atoms with van der Waals surface area (Å²) in [5, 5.41) is 9.06. The van der Waals surface area contributed by atoms with Crippen molar-refractivity contribution in [3.05, 3.63) is 70.6 Å². The largest absolute Gasteiger partial charge is 0.478 e. The van der Waals surface area contributed by atoms with Gasteiger partial charge in [-0.2, -0.15) is 0 Å². The van der Waals surface area contributed by atoms with Crippen molar-refractivity contribution < 1.29 is 14.7 Å². The Bertz CT molecular complexity index is 871. The Morgan fingerprint density at radius 3 is 2.56 bits per heavy atom. The van der Waals surface area contributed by atoms with Crippen molar-refractivity contribution in [2.24, 2.45) is 0 Å². The molecule has 1 aromatic carbocycles.